The van der Waals surface area contributed by atoms with Gasteiger partial charge in [-0.3, -0.25) is 4.79 Å². The van der Waals surface area contributed by atoms with E-state index in [4.69, 9.17) is 0 Å². The molecule has 4 aromatic rings. The fourth-order valence-electron chi connectivity index (χ4n) is 3.96. The lowest BCUT2D eigenvalue weighted by Crippen LogP contribution is -2.36. The number of aromatic amines is 1. The number of amides is 1. The molecule has 4 heteroatoms. The highest BCUT2D eigenvalue weighted by molar-refractivity contribution is 5.96. The standard InChI is InChI=1S/C22H19N3O/c1-14-12-21(24-18-8-4-2-6-15(14)18)22(26)25-11-10-20-17(13-25)16-7-3-5-9-19(16)23-20/h2-9,12,23H,10-11,13H2,1H3. The molecule has 5 rings (SSSR count). The van der Waals surface area contributed by atoms with Gasteiger partial charge in [-0.25, -0.2) is 4.98 Å². The van der Waals surface area contributed by atoms with Crippen LogP contribution >= 0.6 is 0 Å². The van der Waals surface area contributed by atoms with E-state index in [1.807, 2.05) is 54.3 Å². The third-order valence-electron chi connectivity index (χ3n) is 5.31. The van der Waals surface area contributed by atoms with Gasteiger partial charge >= 0.3 is 0 Å². The molecule has 0 fully saturated rings. The molecule has 0 atom stereocenters. The van der Waals surface area contributed by atoms with E-state index in [0.717, 1.165) is 28.4 Å². The zero-order valence-electron chi connectivity index (χ0n) is 14.6. The average molecular weight is 341 g/mol. The molecule has 1 aliphatic rings. The molecule has 1 aliphatic heterocycles. The number of rotatable bonds is 1. The number of pyridine rings is 1. The first kappa shape index (κ1) is 15.1. The summed E-state index contributed by atoms with van der Waals surface area (Å²) in [6.45, 7) is 3.38. The van der Waals surface area contributed by atoms with Gasteiger partial charge in [-0.1, -0.05) is 36.4 Å². The van der Waals surface area contributed by atoms with Crippen LogP contribution in [0.1, 0.15) is 27.3 Å². The Morgan fingerprint density at radius 3 is 2.73 bits per heavy atom. The van der Waals surface area contributed by atoms with Gasteiger partial charge in [0.2, 0.25) is 0 Å². The predicted molar refractivity (Wildman–Crippen MR) is 103 cm³/mol. The maximum absolute atomic E-state index is 13.1. The van der Waals surface area contributed by atoms with Crippen LogP contribution in [-0.2, 0) is 13.0 Å². The molecule has 2 aromatic carbocycles. The first-order valence-corrected chi connectivity index (χ1v) is 8.95. The van der Waals surface area contributed by atoms with Crippen LogP contribution in [-0.4, -0.2) is 27.3 Å². The molecule has 0 spiro atoms. The molecule has 0 saturated heterocycles. The molecule has 0 unspecified atom stereocenters. The smallest absolute Gasteiger partial charge is 0.272 e. The molecule has 128 valence electrons. The zero-order valence-corrected chi connectivity index (χ0v) is 14.6. The first-order valence-electron chi connectivity index (χ1n) is 8.95. The quantitative estimate of drug-likeness (QED) is 0.563. The van der Waals surface area contributed by atoms with Gasteiger partial charge in [0.05, 0.1) is 5.52 Å². The fraction of sp³-hybridized carbons (Fsp3) is 0.182. The van der Waals surface area contributed by atoms with E-state index in [1.54, 1.807) is 0 Å². The summed E-state index contributed by atoms with van der Waals surface area (Å²) in [7, 11) is 0. The zero-order chi connectivity index (χ0) is 17.7. The van der Waals surface area contributed by atoms with Crippen LogP contribution < -0.4 is 0 Å². The Morgan fingerprint density at radius 2 is 1.85 bits per heavy atom. The number of para-hydroxylation sites is 2. The van der Waals surface area contributed by atoms with E-state index in [2.05, 4.69) is 22.1 Å². The number of aromatic nitrogens is 2. The van der Waals surface area contributed by atoms with Crippen LogP contribution in [0.5, 0.6) is 0 Å². The normalized spacial score (nSPS) is 14.0. The monoisotopic (exact) mass is 341 g/mol. The molecule has 4 nitrogen and oxygen atoms in total. The summed E-state index contributed by atoms with van der Waals surface area (Å²) in [5.74, 6) is 0.00906. The summed E-state index contributed by atoms with van der Waals surface area (Å²) < 4.78 is 0. The van der Waals surface area contributed by atoms with Gasteiger partial charge in [-0.05, 0) is 30.7 Å². The molecule has 1 N–H and O–H groups in total. The highest BCUT2D eigenvalue weighted by Gasteiger charge is 2.25. The van der Waals surface area contributed by atoms with Crippen LogP contribution in [0.2, 0.25) is 0 Å². The van der Waals surface area contributed by atoms with Crippen molar-refractivity contribution in [3.05, 3.63) is 77.1 Å². The van der Waals surface area contributed by atoms with Gasteiger partial charge in [0.1, 0.15) is 5.69 Å². The minimum atomic E-state index is 0.00906. The molecule has 0 saturated carbocycles. The van der Waals surface area contributed by atoms with Crippen molar-refractivity contribution >= 4 is 27.7 Å². The van der Waals surface area contributed by atoms with Crippen molar-refractivity contribution in [3.8, 4) is 0 Å². The molecule has 0 bridgehead atoms. The highest BCUT2D eigenvalue weighted by Crippen LogP contribution is 2.28. The van der Waals surface area contributed by atoms with Gasteiger partial charge in [0.15, 0.2) is 0 Å². The molecular weight excluding hydrogens is 322 g/mol. The van der Waals surface area contributed by atoms with Gasteiger partial charge < -0.3 is 9.88 Å². The Balaban J connectivity index is 1.52. The Kier molecular flexibility index (Phi) is 3.32. The second kappa shape index (κ2) is 5.70. The lowest BCUT2D eigenvalue weighted by atomic mass is 10.0. The summed E-state index contributed by atoms with van der Waals surface area (Å²) >= 11 is 0. The third kappa shape index (κ3) is 2.30. The Hall–Kier alpha value is -3.14. The van der Waals surface area contributed by atoms with Crippen molar-refractivity contribution in [1.29, 1.82) is 0 Å². The maximum atomic E-state index is 13.1. The molecule has 0 radical (unpaired) electrons. The van der Waals surface area contributed by atoms with E-state index in [-0.39, 0.29) is 5.91 Å². The van der Waals surface area contributed by atoms with Crippen molar-refractivity contribution in [2.24, 2.45) is 0 Å². The van der Waals surface area contributed by atoms with Crippen molar-refractivity contribution < 1.29 is 4.79 Å². The van der Waals surface area contributed by atoms with E-state index in [9.17, 15) is 4.79 Å². The minimum absolute atomic E-state index is 0.00906. The Bertz CT molecular complexity index is 1160. The average Bonchev–Trinajstić information content (AvgIpc) is 3.05. The van der Waals surface area contributed by atoms with Crippen LogP contribution in [0.15, 0.2) is 54.6 Å². The number of carbonyl (C=O) groups excluding carboxylic acids is 1. The van der Waals surface area contributed by atoms with Gasteiger partial charge in [0.25, 0.3) is 5.91 Å². The van der Waals surface area contributed by atoms with Crippen LogP contribution in [0, 0.1) is 6.92 Å². The number of H-pyrrole nitrogens is 1. The molecule has 0 aliphatic carbocycles. The summed E-state index contributed by atoms with van der Waals surface area (Å²) in [6, 6.07) is 18.2. The SMILES string of the molecule is Cc1cc(C(=O)N2CCc3[nH]c4ccccc4c3C2)nc2ccccc12. The second-order valence-electron chi connectivity index (χ2n) is 6.95. The predicted octanol–water partition coefficient (Wildman–Crippen LogP) is 4.22. The number of fused-ring (bicyclic) bond motifs is 4. The Labute approximate surface area is 151 Å². The maximum Gasteiger partial charge on any atom is 0.272 e. The second-order valence-corrected chi connectivity index (χ2v) is 6.95. The number of nitrogens with zero attached hydrogens (tertiary/aromatic N) is 2. The minimum Gasteiger partial charge on any atom is -0.358 e. The number of hydrogen-bond acceptors (Lipinski definition) is 2. The van der Waals surface area contributed by atoms with Crippen molar-refractivity contribution in [2.75, 3.05) is 6.54 Å². The van der Waals surface area contributed by atoms with Gasteiger partial charge in [-0.2, -0.15) is 0 Å². The molecule has 3 heterocycles. The van der Waals surface area contributed by atoms with E-state index in [1.165, 1.54) is 16.6 Å². The fourth-order valence-corrected chi connectivity index (χ4v) is 3.96. The topological polar surface area (TPSA) is 49.0 Å². The highest BCUT2D eigenvalue weighted by atomic mass is 16.2. The van der Waals surface area contributed by atoms with Crippen LogP contribution in [0.4, 0.5) is 0 Å². The summed E-state index contributed by atoms with van der Waals surface area (Å²) in [6.07, 6.45) is 0.850. The third-order valence-corrected chi connectivity index (χ3v) is 5.31. The van der Waals surface area contributed by atoms with Crippen molar-refractivity contribution in [1.82, 2.24) is 14.9 Å². The molecule has 2 aromatic heterocycles. The van der Waals surface area contributed by atoms with Crippen LogP contribution in [0.3, 0.4) is 0 Å². The van der Waals surface area contributed by atoms with E-state index in [0.29, 0.717) is 18.8 Å². The largest absolute Gasteiger partial charge is 0.358 e. The van der Waals surface area contributed by atoms with Crippen LogP contribution in [0.25, 0.3) is 21.8 Å². The van der Waals surface area contributed by atoms with Crippen molar-refractivity contribution in [3.63, 3.8) is 0 Å². The summed E-state index contributed by atoms with van der Waals surface area (Å²) in [5, 5.41) is 2.31. The number of aryl methyl sites for hydroxylation is 1. The summed E-state index contributed by atoms with van der Waals surface area (Å²) in [5.41, 5.74) is 6.12. The van der Waals surface area contributed by atoms with Crippen molar-refractivity contribution in [2.45, 2.75) is 19.9 Å². The van der Waals surface area contributed by atoms with Gasteiger partial charge in [-0.15, -0.1) is 0 Å². The number of nitrogens with one attached hydrogen (secondary N) is 1. The van der Waals surface area contributed by atoms with E-state index >= 15 is 0 Å². The molecule has 1 amide bonds. The number of hydrogen-bond donors (Lipinski definition) is 1. The van der Waals surface area contributed by atoms with Gasteiger partial charge in [0, 0.05) is 47.1 Å². The lowest BCUT2D eigenvalue weighted by molar-refractivity contribution is 0.0729. The van der Waals surface area contributed by atoms with E-state index < -0.39 is 0 Å². The molecule has 26 heavy (non-hydrogen) atoms. The Morgan fingerprint density at radius 1 is 1.08 bits per heavy atom. The molecular formula is C22H19N3O. The summed E-state index contributed by atoms with van der Waals surface area (Å²) in [4.78, 5) is 23.1. The first-order chi connectivity index (χ1) is 12.7. The number of carbonyl (C=O) groups is 1. The lowest BCUT2D eigenvalue weighted by Gasteiger charge is -2.27. The number of benzene rings is 2.